The summed E-state index contributed by atoms with van der Waals surface area (Å²) in [5.41, 5.74) is 4.23. The fraction of sp³-hybridized carbons (Fsp3) is 0.500. The van der Waals surface area contributed by atoms with Gasteiger partial charge in [0.2, 0.25) is 5.91 Å². The molecule has 1 N–H and O–H groups in total. The maximum absolute atomic E-state index is 12.9. The molecule has 26 heavy (non-hydrogen) atoms. The van der Waals surface area contributed by atoms with Gasteiger partial charge in [-0.05, 0) is 72.6 Å². The van der Waals surface area contributed by atoms with E-state index in [2.05, 4.69) is 45.9 Å². The van der Waals surface area contributed by atoms with Gasteiger partial charge in [0.1, 0.15) is 0 Å². The van der Waals surface area contributed by atoms with Crippen LogP contribution < -0.4 is 5.32 Å². The van der Waals surface area contributed by atoms with Crippen molar-refractivity contribution in [2.24, 2.45) is 5.92 Å². The predicted octanol–water partition coefficient (Wildman–Crippen LogP) is 4.25. The van der Waals surface area contributed by atoms with Crippen molar-refractivity contribution in [2.75, 3.05) is 13.1 Å². The smallest absolute Gasteiger partial charge is 0.234 e. The summed E-state index contributed by atoms with van der Waals surface area (Å²) in [5.74, 6) is 0.947. The standard InChI is InChI=1S/C22H26N2OS/c25-21(23-19-7-3-5-15-4-1-2-6-17(15)19)14-24-12-10-20-18(11-13-26-20)22(24)16-8-9-16/h1-2,4,6,11,13,16,19,22H,3,5,7-10,12,14H2,(H,23,25)/t19-,22+/m1/s1. The van der Waals surface area contributed by atoms with Gasteiger partial charge in [0.25, 0.3) is 0 Å². The summed E-state index contributed by atoms with van der Waals surface area (Å²) in [6.07, 6.45) is 7.08. The zero-order valence-corrected chi connectivity index (χ0v) is 15.9. The molecule has 1 saturated carbocycles. The van der Waals surface area contributed by atoms with Crippen LogP contribution in [0.15, 0.2) is 35.7 Å². The van der Waals surface area contributed by atoms with Gasteiger partial charge < -0.3 is 5.32 Å². The Morgan fingerprint density at radius 3 is 2.88 bits per heavy atom. The number of nitrogens with zero attached hydrogens (tertiary/aromatic N) is 1. The highest BCUT2D eigenvalue weighted by atomic mass is 32.1. The van der Waals surface area contributed by atoms with E-state index in [1.165, 1.54) is 29.5 Å². The molecule has 1 fully saturated rings. The van der Waals surface area contributed by atoms with Gasteiger partial charge >= 0.3 is 0 Å². The van der Waals surface area contributed by atoms with E-state index in [1.54, 1.807) is 4.88 Å². The van der Waals surface area contributed by atoms with Gasteiger partial charge in [0.05, 0.1) is 12.6 Å². The van der Waals surface area contributed by atoms with Gasteiger partial charge in [0, 0.05) is 17.5 Å². The van der Waals surface area contributed by atoms with Crippen LogP contribution >= 0.6 is 11.3 Å². The van der Waals surface area contributed by atoms with E-state index in [0.29, 0.717) is 12.6 Å². The molecule has 2 aromatic rings. The average molecular weight is 367 g/mol. The number of nitrogens with one attached hydrogen (secondary N) is 1. The molecule has 2 heterocycles. The second-order valence-corrected chi connectivity index (χ2v) is 9.01. The first kappa shape index (κ1) is 16.5. The summed E-state index contributed by atoms with van der Waals surface area (Å²) >= 11 is 1.89. The summed E-state index contributed by atoms with van der Waals surface area (Å²) in [6.45, 7) is 1.55. The quantitative estimate of drug-likeness (QED) is 0.877. The predicted molar refractivity (Wildman–Crippen MR) is 105 cm³/mol. The van der Waals surface area contributed by atoms with E-state index in [1.807, 2.05) is 11.3 Å². The van der Waals surface area contributed by atoms with E-state index in [4.69, 9.17) is 0 Å². The van der Waals surface area contributed by atoms with E-state index in [9.17, 15) is 4.79 Å². The van der Waals surface area contributed by atoms with Gasteiger partial charge in [-0.2, -0.15) is 0 Å². The second kappa shape index (κ2) is 6.82. The highest BCUT2D eigenvalue weighted by Gasteiger charge is 2.40. The van der Waals surface area contributed by atoms with Crippen molar-refractivity contribution in [2.45, 2.75) is 50.6 Å². The molecule has 3 nitrogen and oxygen atoms in total. The van der Waals surface area contributed by atoms with E-state index >= 15 is 0 Å². The van der Waals surface area contributed by atoms with Crippen molar-refractivity contribution in [3.8, 4) is 0 Å². The fourth-order valence-electron chi connectivity index (χ4n) is 4.87. The molecule has 1 aromatic heterocycles. The van der Waals surface area contributed by atoms with E-state index in [-0.39, 0.29) is 11.9 Å². The number of rotatable bonds is 4. The van der Waals surface area contributed by atoms with Crippen LogP contribution in [0.4, 0.5) is 0 Å². The maximum atomic E-state index is 12.9. The molecule has 0 saturated heterocycles. The van der Waals surface area contributed by atoms with Crippen LogP contribution in [-0.2, 0) is 17.6 Å². The Morgan fingerprint density at radius 1 is 1.12 bits per heavy atom. The molecule has 0 bridgehead atoms. The zero-order chi connectivity index (χ0) is 17.5. The van der Waals surface area contributed by atoms with Gasteiger partial charge in [-0.1, -0.05) is 24.3 Å². The van der Waals surface area contributed by atoms with Crippen LogP contribution in [0.2, 0.25) is 0 Å². The molecule has 5 rings (SSSR count). The van der Waals surface area contributed by atoms with Crippen molar-refractivity contribution in [1.82, 2.24) is 10.2 Å². The number of carbonyl (C=O) groups is 1. The van der Waals surface area contributed by atoms with Crippen LogP contribution in [0.1, 0.15) is 59.3 Å². The van der Waals surface area contributed by atoms with Crippen molar-refractivity contribution >= 4 is 17.2 Å². The van der Waals surface area contributed by atoms with E-state index in [0.717, 1.165) is 38.1 Å². The maximum Gasteiger partial charge on any atom is 0.234 e. The summed E-state index contributed by atoms with van der Waals surface area (Å²) < 4.78 is 0. The number of carbonyl (C=O) groups excluding carboxylic acids is 1. The number of amides is 1. The fourth-order valence-corrected chi connectivity index (χ4v) is 5.78. The Labute approximate surface area is 159 Å². The van der Waals surface area contributed by atoms with Crippen LogP contribution in [0, 0.1) is 5.92 Å². The lowest BCUT2D eigenvalue weighted by atomic mass is 9.87. The molecule has 3 aliphatic rings. The lowest BCUT2D eigenvalue weighted by Crippen LogP contribution is -2.44. The highest BCUT2D eigenvalue weighted by Crippen LogP contribution is 2.48. The van der Waals surface area contributed by atoms with Crippen LogP contribution in [-0.4, -0.2) is 23.9 Å². The largest absolute Gasteiger partial charge is 0.348 e. The van der Waals surface area contributed by atoms with Gasteiger partial charge in [-0.25, -0.2) is 0 Å². The zero-order valence-electron chi connectivity index (χ0n) is 15.1. The van der Waals surface area contributed by atoms with Crippen molar-refractivity contribution < 1.29 is 4.79 Å². The van der Waals surface area contributed by atoms with Crippen molar-refractivity contribution in [3.63, 3.8) is 0 Å². The molecule has 136 valence electrons. The molecule has 4 heteroatoms. The first-order valence-corrected chi connectivity index (χ1v) is 10.8. The number of thiophene rings is 1. The van der Waals surface area contributed by atoms with Crippen LogP contribution in [0.3, 0.4) is 0 Å². The van der Waals surface area contributed by atoms with Gasteiger partial charge in [-0.15, -0.1) is 11.3 Å². The normalized spacial score (nSPS) is 25.4. The Bertz CT molecular complexity index is 810. The third-order valence-corrected chi connectivity index (χ3v) is 7.23. The molecular formula is C22H26N2OS. The number of fused-ring (bicyclic) bond motifs is 2. The molecule has 1 aliphatic heterocycles. The Morgan fingerprint density at radius 2 is 2.00 bits per heavy atom. The topological polar surface area (TPSA) is 32.3 Å². The summed E-state index contributed by atoms with van der Waals surface area (Å²) in [6, 6.07) is 11.5. The molecule has 2 atom stereocenters. The van der Waals surface area contributed by atoms with Gasteiger partial charge in [0.15, 0.2) is 0 Å². The summed E-state index contributed by atoms with van der Waals surface area (Å²) in [4.78, 5) is 16.9. The third kappa shape index (κ3) is 3.10. The molecule has 0 radical (unpaired) electrons. The first-order chi connectivity index (χ1) is 12.8. The van der Waals surface area contributed by atoms with Crippen LogP contribution in [0.25, 0.3) is 0 Å². The van der Waals surface area contributed by atoms with Crippen molar-refractivity contribution in [3.05, 3.63) is 57.3 Å². The third-order valence-electron chi connectivity index (χ3n) is 6.24. The minimum atomic E-state index is 0.188. The van der Waals surface area contributed by atoms with Gasteiger partial charge in [-0.3, -0.25) is 9.69 Å². The number of aryl methyl sites for hydroxylation is 1. The molecular weight excluding hydrogens is 340 g/mol. The minimum Gasteiger partial charge on any atom is -0.348 e. The number of benzene rings is 1. The van der Waals surface area contributed by atoms with Crippen LogP contribution in [0.5, 0.6) is 0 Å². The molecule has 1 aromatic carbocycles. The number of hydrogen-bond acceptors (Lipinski definition) is 3. The number of hydrogen-bond donors (Lipinski definition) is 1. The Balaban J connectivity index is 1.29. The first-order valence-electron chi connectivity index (χ1n) is 9.97. The lowest BCUT2D eigenvalue weighted by molar-refractivity contribution is -0.124. The monoisotopic (exact) mass is 366 g/mol. The summed E-state index contributed by atoms with van der Waals surface area (Å²) in [7, 11) is 0. The summed E-state index contributed by atoms with van der Waals surface area (Å²) in [5, 5.41) is 5.57. The molecule has 0 spiro atoms. The highest BCUT2D eigenvalue weighted by molar-refractivity contribution is 7.10. The Kier molecular flexibility index (Phi) is 4.33. The van der Waals surface area contributed by atoms with E-state index < -0.39 is 0 Å². The van der Waals surface area contributed by atoms with Crippen molar-refractivity contribution in [1.29, 1.82) is 0 Å². The average Bonchev–Trinajstić information content (AvgIpc) is 3.38. The second-order valence-electron chi connectivity index (χ2n) is 8.01. The molecule has 1 amide bonds. The molecule has 2 aliphatic carbocycles. The molecule has 0 unspecified atom stereocenters. The minimum absolute atomic E-state index is 0.188. The lowest BCUT2D eigenvalue weighted by Gasteiger charge is -2.36. The Hall–Kier alpha value is -1.65. The SMILES string of the molecule is O=C(CN1CCc2sccc2[C@@H]1C1CC1)N[C@@H]1CCCc2ccccc21.